The Bertz CT molecular complexity index is 1050. The monoisotopic (exact) mass is 411 g/mol. The van der Waals surface area contributed by atoms with E-state index in [1.165, 1.54) is 11.3 Å². The summed E-state index contributed by atoms with van der Waals surface area (Å²) in [5.74, 6) is -0.323. The molecule has 0 spiro atoms. The first-order valence-electron chi connectivity index (χ1n) is 8.51. The summed E-state index contributed by atoms with van der Waals surface area (Å²) in [5.41, 5.74) is 6.77. The van der Waals surface area contributed by atoms with Crippen LogP contribution in [0.1, 0.15) is 50.0 Å². The third kappa shape index (κ3) is 3.23. The predicted molar refractivity (Wildman–Crippen MR) is 101 cm³/mol. The maximum atomic E-state index is 13.9. The van der Waals surface area contributed by atoms with Crippen molar-refractivity contribution in [2.45, 2.75) is 45.2 Å². The number of thiophene rings is 1. The number of anilines is 1. The van der Waals surface area contributed by atoms with E-state index >= 15 is 0 Å². The molecule has 0 aromatic carbocycles. The van der Waals surface area contributed by atoms with Gasteiger partial charge in [-0.25, -0.2) is 9.97 Å². The molecule has 0 saturated carbocycles. The fourth-order valence-corrected chi connectivity index (χ4v) is 5.36. The van der Waals surface area contributed by atoms with Crippen molar-refractivity contribution in [3.63, 3.8) is 0 Å². The maximum absolute atomic E-state index is 13.9. The number of carbonyl (C=O) groups excluding carboxylic acids is 1. The molecule has 4 rings (SSSR count). The van der Waals surface area contributed by atoms with Gasteiger partial charge in [0.2, 0.25) is 0 Å². The molecule has 9 heteroatoms. The molecule has 2 N–H and O–H groups in total. The van der Waals surface area contributed by atoms with Crippen molar-refractivity contribution in [1.29, 1.82) is 0 Å². The van der Waals surface area contributed by atoms with Crippen molar-refractivity contribution < 1.29 is 18.0 Å². The number of halogens is 3. The third-order valence-corrected chi connectivity index (χ3v) is 6.78. The number of aromatic nitrogens is 2. The Balaban J connectivity index is 1.87. The fourth-order valence-electron chi connectivity index (χ4n) is 3.53. The Morgan fingerprint density at radius 1 is 1.26 bits per heavy atom. The van der Waals surface area contributed by atoms with Crippen LogP contribution in [-0.4, -0.2) is 15.8 Å². The lowest BCUT2D eigenvalue weighted by Gasteiger charge is -2.21. The molecule has 0 amide bonds. The molecular weight excluding hydrogens is 395 g/mol. The number of aryl methyl sites for hydroxylation is 2. The van der Waals surface area contributed by atoms with Crippen molar-refractivity contribution >= 4 is 44.4 Å². The number of nitrogens with two attached hydrogens (primary N) is 1. The zero-order valence-electron chi connectivity index (χ0n) is 14.4. The van der Waals surface area contributed by atoms with Crippen LogP contribution >= 0.6 is 22.7 Å². The molecule has 0 atom stereocenters. The number of fused-ring (bicyclic) bond motifs is 2. The second-order valence-corrected chi connectivity index (χ2v) is 8.57. The molecule has 3 heterocycles. The molecule has 4 nitrogen and oxygen atoms in total. The standard InChI is InChI=1S/C18H16F3N3OS2/c1-8-7-26-12(23-8)6-11(25)16-15(22)13-14(18(19,20)21)9-4-2-3-5-10(9)24-17(13)27-16/h7H,2-6,22H2,1H3. The van der Waals surface area contributed by atoms with E-state index in [0.29, 0.717) is 30.0 Å². The van der Waals surface area contributed by atoms with Gasteiger partial charge in [0.15, 0.2) is 5.78 Å². The van der Waals surface area contributed by atoms with Gasteiger partial charge < -0.3 is 5.73 Å². The minimum absolute atomic E-state index is 0.0244. The molecule has 0 aliphatic heterocycles. The van der Waals surface area contributed by atoms with Crippen LogP contribution in [0.25, 0.3) is 10.2 Å². The van der Waals surface area contributed by atoms with Crippen LogP contribution in [0.4, 0.5) is 18.9 Å². The molecule has 0 bridgehead atoms. The van der Waals surface area contributed by atoms with Gasteiger partial charge in [0.05, 0.1) is 22.5 Å². The first-order valence-corrected chi connectivity index (χ1v) is 10.2. The van der Waals surface area contributed by atoms with Crippen LogP contribution in [0.2, 0.25) is 0 Å². The number of carbonyl (C=O) groups is 1. The Labute approximate surface area is 161 Å². The average molecular weight is 411 g/mol. The van der Waals surface area contributed by atoms with Crippen molar-refractivity contribution in [1.82, 2.24) is 9.97 Å². The van der Waals surface area contributed by atoms with Gasteiger partial charge in [0, 0.05) is 22.2 Å². The number of nitrogen functional groups attached to an aromatic ring is 1. The number of ketones is 1. The molecular formula is C18H16F3N3OS2. The molecule has 0 fully saturated rings. The molecule has 0 radical (unpaired) electrons. The summed E-state index contributed by atoms with van der Waals surface area (Å²) in [7, 11) is 0. The SMILES string of the molecule is Cc1csc(CC(=O)c2sc3nc4c(c(C(F)(F)F)c3c2N)CCCC4)n1. The van der Waals surface area contributed by atoms with E-state index in [4.69, 9.17) is 5.73 Å². The van der Waals surface area contributed by atoms with E-state index in [9.17, 15) is 18.0 Å². The first-order chi connectivity index (χ1) is 12.8. The summed E-state index contributed by atoms with van der Waals surface area (Å²) in [5, 5.41) is 2.33. The number of hydrogen-bond acceptors (Lipinski definition) is 6. The van der Waals surface area contributed by atoms with Gasteiger partial charge >= 0.3 is 6.18 Å². The molecule has 3 aromatic rings. The lowest BCUT2D eigenvalue weighted by Crippen LogP contribution is -2.16. The van der Waals surface area contributed by atoms with Crippen molar-refractivity contribution in [3.05, 3.63) is 37.8 Å². The lowest BCUT2D eigenvalue weighted by atomic mass is 9.90. The van der Waals surface area contributed by atoms with Crippen molar-refractivity contribution in [2.24, 2.45) is 0 Å². The Morgan fingerprint density at radius 3 is 2.67 bits per heavy atom. The number of rotatable bonds is 3. The first kappa shape index (κ1) is 18.4. The van der Waals surface area contributed by atoms with E-state index in [2.05, 4.69) is 9.97 Å². The van der Waals surface area contributed by atoms with E-state index in [1.807, 2.05) is 12.3 Å². The number of thiazole rings is 1. The Hall–Kier alpha value is -2.00. The number of hydrogen-bond donors (Lipinski definition) is 1. The van der Waals surface area contributed by atoms with Crippen LogP contribution in [0.15, 0.2) is 5.38 Å². The van der Waals surface area contributed by atoms with Gasteiger partial charge in [-0.05, 0) is 38.2 Å². The summed E-state index contributed by atoms with van der Waals surface area (Å²) in [6.45, 7) is 1.82. The molecule has 1 aliphatic rings. The van der Waals surface area contributed by atoms with Crippen molar-refractivity contribution in [2.75, 3.05) is 5.73 Å². The Kier molecular flexibility index (Phi) is 4.46. The van der Waals surface area contributed by atoms with Gasteiger partial charge in [0.25, 0.3) is 0 Å². The Morgan fingerprint density at radius 2 is 2.00 bits per heavy atom. The van der Waals surface area contributed by atoms with Crippen LogP contribution in [0.3, 0.4) is 0 Å². The van der Waals surface area contributed by atoms with E-state index in [0.717, 1.165) is 23.5 Å². The zero-order valence-corrected chi connectivity index (χ0v) is 16.1. The highest BCUT2D eigenvalue weighted by molar-refractivity contribution is 7.21. The van der Waals surface area contributed by atoms with E-state index in [1.54, 1.807) is 0 Å². The van der Waals surface area contributed by atoms with Gasteiger partial charge in [-0.2, -0.15) is 13.2 Å². The van der Waals surface area contributed by atoms with Gasteiger partial charge in [-0.3, -0.25) is 4.79 Å². The van der Waals surface area contributed by atoms with Gasteiger partial charge in [-0.1, -0.05) is 0 Å². The van der Waals surface area contributed by atoms with Crippen LogP contribution in [0, 0.1) is 6.92 Å². The quantitative estimate of drug-likeness (QED) is 0.618. The molecule has 0 unspecified atom stereocenters. The minimum atomic E-state index is -4.54. The zero-order chi connectivity index (χ0) is 19.3. The molecule has 3 aromatic heterocycles. The van der Waals surface area contributed by atoms with Gasteiger partial charge in [0.1, 0.15) is 9.84 Å². The third-order valence-electron chi connectivity index (χ3n) is 4.67. The highest BCUT2D eigenvalue weighted by atomic mass is 32.1. The maximum Gasteiger partial charge on any atom is 0.417 e. The number of Topliss-reactive ketones (excluding diaryl/α,β-unsaturated/α-hetero) is 1. The van der Waals surface area contributed by atoms with E-state index in [-0.39, 0.29) is 38.5 Å². The molecule has 1 aliphatic carbocycles. The van der Waals surface area contributed by atoms with Crippen LogP contribution < -0.4 is 5.73 Å². The van der Waals surface area contributed by atoms with Crippen LogP contribution in [-0.2, 0) is 25.4 Å². The second-order valence-electron chi connectivity index (χ2n) is 6.62. The summed E-state index contributed by atoms with van der Waals surface area (Å²) in [4.78, 5) is 21.7. The minimum Gasteiger partial charge on any atom is -0.397 e. The van der Waals surface area contributed by atoms with Gasteiger partial charge in [-0.15, -0.1) is 22.7 Å². The molecule has 142 valence electrons. The molecule has 0 saturated heterocycles. The number of alkyl halides is 3. The number of pyridine rings is 1. The molecule has 27 heavy (non-hydrogen) atoms. The predicted octanol–water partition coefficient (Wildman–Crippen LogP) is 4.97. The summed E-state index contributed by atoms with van der Waals surface area (Å²) < 4.78 is 41.6. The number of nitrogens with zero attached hydrogens (tertiary/aromatic N) is 2. The normalized spacial score (nSPS) is 14.5. The second kappa shape index (κ2) is 6.56. The largest absolute Gasteiger partial charge is 0.417 e. The summed E-state index contributed by atoms with van der Waals surface area (Å²) in [6.07, 6.45) is -2.14. The highest BCUT2D eigenvalue weighted by Gasteiger charge is 2.39. The fraction of sp³-hybridized carbons (Fsp3) is 0.389. The smallest absolute Gasteiger partial charge is 0.397 e. The van der Waals surface area contributed by atoms with Crippen LogP contribution in [0.5, 0.6) is 0 Å². The highest BCUT2D eigenvalue weighted by Crippen LogP contribution is 2.46. The average Bonchev–Trinajstić information content (AvgIpc) is 3.15. The van der Waals surface area contributed by atoms with Crippen molar-refractivity contribution in [3.8, 4) is 0 Å². The summed E-state index contributed by atoms with van der Waals surface area (Å²) >= 11 is 2.30. The van der Waals surface area contributed by atoms with E-state index < -0.39 is 11.7 Å². The lowest BCUT2D eigenvalue weighted by molar-refractivity contribution is -0.137. The summed E-state index contributed by atoms with van der Waals surface area (Å²) in [6, 6.07) is 0. The topological polar surface area (TPSA) is 68.9 Å².